The van der Waals surface area contributed by atoms with Crippen molar-refractivity contribution >= 4 is 28.8 Å². The molecule has 0 saturated carbocycles. The van der Waals surface area contributed by atoms with Gasteiger partial charge in [0.2, 0.25) is 0 Å². The van der Waals surface area contributed by atoms with E-state index in [4.69, 9.17) is 0 Å². The quantitative estimate of drug-likeness (QED) is 0.897. The third kappa shape index (κ3) is 2.71. The summed E-state index contributed by atoms with van der Waals surface area (Å²) in [6, 6.07) is 3.76. The molecular weight excluding hydrogens is 258 g/mol. The molecule has 1 amide bonds. The summed E-state index contributed by atoms with van der Waals surface area (Å²) >= 11 is 1.44. The molecule has 1 aliphatic carbocycles. The smallest absolute Gasteiger partial charge is 0.261 e. The Kier molecular flexibility index (Phi) is 3.37. The van der Waals surface area contributed by atoms with E-state index in [-0.39, 0.29) is 11.9 Å². The molecule has 4 nitrogen and oxygen atoms in total. The van der Waals surface area contributed by atoms with Crippen molar-refractivity contribution in [1.29, 1.82) is 0 Å². The van der Waals surface area contributed by atoms with Crippen molar-refractivity contribution in [3.8, 4) is 0 Å². The van der Waals surface area contributed by atoms with Crippen LogP contribution in [-0.4, -0.2) is 30.0 Å². The minimum atomic E-state index is -0.0292. The van der Waals surface area contributed by atoms with Gasteiger partial charge in [0.1, 0.15) is 11.9 Å². The molecule has 1 aromatic heterocycles. The number of carbonyl (C=O) groups excluding carboxylic acids is 1. The van der Waals surface area contributed by atoms with Crippen LogP contribution < -0.4 is 5.32 Å². The second-order valence-corrected chi connectivity index (χ2v) is 5.20. The molecule has 1 aromatic rings. The van der Waals surface area contributed by atoms with E-state index in [0.29, 0.717) is 13.0 Å². The van der Waals surface area contributed by atoms with E-state index in [1.54, 1.807) is 0 Å². The number of fused-ring (bicyclic) bond motifs is 1. The average molecular weight is 271 g/mol. The van der Waals surface area contributed by atoms with Gasteiger partial charge >= 0.3 is 0 Å². The number of carbonyl (C=O) groups is 1. The summed E-state index contributed by atoms with van der Waals surface area (Å²) in [5.74, 6) is 0.779. The first-order valence-corrected chi connectivity index (χ1v) is 7.03. The standard InChI is InChI=1S/C14H13N3OS/c18-14(12-6-3-9-19-12)15-8-7-13-16-10-4-1-2-5-11(10)17-13/h1-6,9-10H,7-8H2,(H,15,18). The minimum absolute atomic E-state index is 0.0292. The highest BCUT2D eigenvalue weighted by Gasteiger charge is 2.19. The number of allylic oxidation sites excluding steroid dienone is 2. The van der Waals surface area contributed by atoms with Crippen LogP contribution in [0.4, 0.5) is 0 Å². The van der Waals surface area contributed by atoms with Gasteiger partial charge in [0.15, 0.2) is 0 Å². The van der Waals surface area contributed by atoms with E-state index in [9.17, 15) is 4.79 Å². The summed E-state index contributed by atoms with van der Waals surface area (Å²) in [6.07, 6.45) is 8.61. The molecule has 0 aromatic carbocycles. The average Bonchev–Trinajstić information content (AvgIpc) is 3.07. The Morgan fingerprint density at radius 1 is 1.42 bits per heavy atom. The molecule has 2 heterocycles. The number of hydrogen-bond acceptors (Lipinski definition) is 4. The zero-order chi connectivity index (χ0) is 13.1. The summed E-state index contributed by atoms with van der Waals surface area (Å²) in [5, 5.41) is 4.77. The lowest BCUT2D eigenvalue weighted by molar-refractivity contribution is 0.0959. The monoisotopic (exact) mass is 271 g/mol. The number of hydrogen-bond donors (Lipinski definition) is 1. The fourth-order valence-corrected chi connectivity index (χ4v) is 2.61. The Morgan fingerprint density at radius 3 is 3.16 bits per heavy atom. The Balaban J connectivity index is 1.51. The lowest BCUT2D eigenvalue weighted by atomic mass is 10.1. The summed E-state index contributed by atoms with van der Waals surface area (Å²) in [5.41, 5.74) is 0.988. The van der Waals surface area contributed by atoms with Gasteiger partial charge in [-0.25, -0.2) is 4.99 Å². The predicted molar refractivity (Wildman–Crippen MR) is 78.2 cm³/mol. The van der Waals surface area contributed by atoms with Crippen LogP contribution in [0.2, 0.25) is 0 Å². The first-order chi connectivity index (χ1) is 9.33. The number of nitrogens with zero attached hydrogens (tertiary/aromatic N) is 2. The van der Waals surface area contributed by atoms with E-state index in [1.165, 1.54) is 11.3 Å². The number of nitrogens with one attached hydrogen (secondary N) is 1. The second-order valence-electron chi connectivity index (χ2n) is 4.25. The number of amides is 1. The lowest BCUT2D eigenvalue weighted by Crippen LogP contribution is -2.24. The summed E-state index contributed by atoms with van der Waals surface area (Å²) < 4.78 is 0. The molecule has 1 unspecified atom stereocenters. The van der Waals surface area contributed by atoms with Crippen molar-refractivity contribution in [3.63, 3.8) is 0 Å². The molecule has 1 N–H and O–H groups in total. The second kappa shape index (κ2) is 5.32. The van der Waals surface area contributed by atoms with Gasteiger partial charge in [-0.2, -0.15) is 0 Å². The maximum absolute atomic E-state index is 11.7. The van der Waals surface area contributed by atoms with Crippen LogP contribution >= 0.6 is 11.3 Å². The summed E-state index contributed by atoms with van der Waals surface area (Å²) in [4.78, 5) is 21.4. The van der Waals surface area contributed by atoms with Crippen LogP contribution in [0.25, 0.3) is 0 Å². The number of aliphatic imine (C=N–C) groups is 2. The van der Waals surface area contributed by atoms with Crippen molar-refractivity contribution in [2.24, 2.45) is 9.98 Å². The van der Waals surface area contributed by atoms with Gasteiger partial charge in [0.25, 0.3) is 5.91 Å². The first kappa shape index (κ1) is 12.0. The maximum Gasteiger partial charge on any atom is 0.261 e. The molecule has 0 fully saturated rings. The topological polar surface area (TPSA) is 53.8 Å². The molecule has 19 heavy (non-hydrogen) atoms. The van der Waals surface area contributed by atoms with Gasteiger partial charge in [0, 0.05) is 13.0 Å². The fraction of sp³-hybridized carbons (Fsp3) is 0.214. The van der Waals surface area contributed by atoms with Crippen LogP contribution in [-0.2, 0) is 0 Å². The molecule has 0 radical (unpaired) electrons. The van der Waals surface area contributed by atoms with E-state index in [0.717, 1.165) is 16.4 Å². The molecular formula is C14H13N3OS. The maximum atomic E-state index is 11.7. The molecule has 0 bridgehead atoms. The van der Waals surface area contributed by atoms with Crippen LogP contribution in [0.15, 0.2) is 51.8 Å². The van der Waals surface area contributed by atoms with E-state index >= 15 is 0 Å². The van der Waals surface area contributed by atoms with Crippen LogP contribution in [0.1, 0.15) is 16.1 Å². The van der Waals surface area contributed by atoms with Gasteiger partial charge < -0.3 is 5.32 Å². The van der Waals surface area contributed by atoms with Gasteiger partial charge in [0.05, 0.1) is 10.6 Å². The molecule has 0 saturated heterocycles. The van der Waals surface area contributed by atoms with E-state index < -0.39 is 0 Å². The van der Waals surface area contributed by atoms with Gasteiger partial charge in [-0.1, -0.05) is 24.3 Å². The Morgan fingerprint density at radius 2 is 2.37 bits per heavy atom. The highest BCUT2D eigenvalue weighted by molar-refractivity contribution is 7.12. The van der Waals surface area contributed by atoms with Crippen LogP contribution in [0.5, 0.6) is 0 Å². The highest BCUT2D eigenvalue weighted by Crippen LogP contribution is 2.14. The van der Waals surface area contributed by atoms with Crippen molar-refractivity contribution in [1.82, 2.24) is 5.32 Å². The third-order valence-electron chi connectivity index (χ3n) is 2.90. The first-order valence-electron chi connectivity index (χ1n) is 6.15. The Hall–Kier alpha value is -2.01. The summed E-state index contributed by atoms with van der Waals surface area (Å²) in [7, 11) is 0. The Labute approximate surface area is 115 Å². The van der Waals surface area contributed by atoms with Gasteiger partial charge in [-0.3, -0.25) is 9.79 Å². The van der Waals surface area contributed by atoms with E-state index in [2.05, 4.69) is 15.3 Å². The minimum Gasteiger partial charge on any atom is -0.351 e. The fourth-order valence-electron chi connectivity index (χ4n) is 1.97. The van der Waals surface area contributed by atoms with Crippen LogP contribution in [0, 0.1) is 0 Å². The van der Waals surface area contributed by atoms with Crippen molar-refractivity contribution in [2.45, 2.75) is 12.5 Å². The lowest BCUT2D eigenvalue weighted by Gasteiger charge is -2.03. The van der Waals surface area contributed by atoms with Gasteiger partial charge in [-0.05, 0) is 17.5 Å². The highest BCUT2D eigenvalue weighted by atomic mass is 32.1. The van der Waals surface area contributed by atoms with Crippen molar-refractivity contribution < 1.29 is 4.79 Å². The number of rotatable bonds is 4. The zero-order valence-electron chi connectivity index (χ0n) is 10.2. The molecule has 3 rings (SSSR count). The van der Waals surface area contributed by atoms with Crippen molar-refractivity contribution in [3.05, 3.63) is 46.7 Å². The van der Waals surface area contributed by atoms with Crippen molar-refractivity contribution in [2.75, 3.05) is 6.54 Å². The number of thiophene rings is 1. The Bertz CT molecular complexity index is 596. The molecule has 1 aliphatic heterocycles. The van der Waals surface area contributed by atoms with E-state index in [1.807, 2.05) is 41.8 Å². The molecule has 1 atom stereocenters. The van der Waals surface area contributed by atoms with Crippen LogP contribution in [0.3, 0.4) is 0 Å². The molecule has 96 valence electrons. The molecule has 2 aliphatic rings. The predicted octanol–water partition coefficient (Wildman–Crippen LogP) is 2.22. The SMILES string of the molecule is O=C(NCCC1=NC2C=CC=CC2=N1)c1cccs1. The molecule has 5 heteroatoms. The summed E-state index contributed by atoms with van der Waals surface area (Å²) in [6.45, 7) is 0.562. The third-order valence-corrected chi connectivity index (χ3v) is 3.77. The van der Waals surface area contributed by atoms with Gasteiger partial charge in [-0.15, -0.1) is 11.3 Å². The largest absolute Gasteiger partial charge is 0.351 e. The number of amidine groups is 1. The molecule has 0 spiro atoms. The normalized spacial score (nSPS) is 19.9. The zero-order valence-corrected chi connectivity index (χ0v) is 11.1.